The Morgan fingerprint density at radius 1 is 1.58 bits per heavy atom. The Bertz CT molecular complexity index is 234. The molecule has 12 heavy (non-hydrogen) atoms. The standard InChI is InChI=1S/C9H14N2S/c10-7-9(3-1-4-9)6-8-2-5-11-12-8/h2,5H,1,3-4,6-7,10H2. The summed E-state index contributed by atoms with van der Waals surface area (Å²) in [6, 6.07) is 2.11. The van der Waals surface area contributed by atoms with E-state index in [0.29, 0.717) is 5.41 Å². The normalized spacial score (nSPS) is 20.4. The van der Waals surface area contributed by atoms with Crippen molar-refractivity contribution in [1.82, 2.24) is 4.37 Å². The molecule has 0 aromatic carbocycles. The first-order valence-corrected chi connectivity index (χ1v) is 5.22. The summed E-state index contributed by atoms with van der Waals surface area (Å²) in [5.41, 5.74) is 6.21. The topological polar surface area (TPSA) is 38.9 Å². The average molecular weight is 182 g/mol. The van der Waals surface area contributed by atoms with E-state index in [4.69, 9.17) is 5.73 Å². The minimum Gasteiger partial charge on any atom is -0.330 e. The molecule has 0 aliphatic heterocycles. The van der Waals surface area contributed by atoms with Crippen LogP contribution in [0.1, 0.15) is 24.1 Å². The van der Waals surface area contributed by atoms with E-state index < -0.39 is 0 Å². The van der Waals surface area contributed by atoms with Gasteiger partial charge in [0.1, 0.15) is 0 Å². The van der Waals surface area contributed by atoms with Crippen molar-refractivity contribution >= 4 is 11.5 Å². The Labute approximate surface area is 77.0 Å². The molecule has 1 fully saturated rings. The summed E-state index contributed by atoms with van der Waals surface area (Å²) < 4.78 is 4.10. The van der Waals surface area contributed by atoms with Gasteiger partial charge in [0.2, 0.25) is 0 Å². The van der Waals surface area contributed by atoms with E-state index in [1.807, 2.05) is 6.20 Å². The first-order chi connectivity index (χ1) is 5.85. The molecule has 0 atom stereocenters. The molecule has 2 nitrogen and oxygen atoms in total. The zero-order valence-corrected chi connectivity index (χ0v) is 7.94. The smallest absolute Gasteiger partial charge is 0.0409 e. The van der Waals surface area contributed by atoms with Crippen LogP contribution in [0.2, 0.25) is 0 Å². The molecule has 1 aliphatic carbocycles. The third-order valence-electron chi connectivity index (χ3n) is 2.89. The van der Waals surface area contributed by atoms with Crippen molar-refractivity contribution in [2.75, 3.05) is 6.54 Å². The zero-order valence-electron chi connectivity index (χ0n) is 7.12. The first kappa shape index (κ1) is 8.20. The number of aromatic nitrogens is 1. The molecule has 1 aromatic rings. The molecule has 0 bridgehead atoms. The van der Waals surface area contributed by atoms with Crippen LogP contribution in [0.3, 0.4) is 0 Å². The second kappa shape index (κ2) is 3.15. The van der Waals surface area contributed by atoms with Gasteiger partial charge in [-0.3, -0.25) is 0 Å². The van der Waals surface area contributed by atoms with Gasteiger partial charge in [-0.2, -0.15) is 0 Å². The lowest BCUT2D eigenvalue weighted by Crippen LogP contribution is -2.38. The van der Waals surface area contributed by atoms with Gasteiger partial charge in [-0.05, 0) is 48.8 Å². The van der Waals surface area contributed by atoms with Crippen LogP contribution in [0.25, 0.3) is 0 Å². The van der Waals surface area contributed by atoms with Gasteiger partial charge in [0.15, 0.2) is 0 Å². The highest BCUT2D eigenvalue weighted by Crippen LogP contribution is 2.43. The molecular weight excluding hydrogens is 168 g/mol. The maximum atomic E-state index is 5.77. The van der Waals surface area contributed by atoms with Gasteiger partial charge < -0.3 is 5.73 Å². The molecule has 1 aliphatic rings. The van der Waals surface area contributed by atoms with E-state index in [1.165, 1.54) is 24.1 Å². The lowest BCUT2D eigenvalue weighted by Gasteiger charge is -2.40. The van der Waals surface area contributed by atoms with Crippen LogP contribution in [0.15, 0.2) is 12.3 Å². The molecule has 1 aromatic heterocycles. The number of nitrogens with two attached hydrogens (primary N) is 1. The second-order valence-electron chi connectivity index (χ2n) is 3.71. The van der Waals surface area contributed by atoms with Crippen LogP contribution < -0.4 is 5.73 Å². The Balaban J connectivity index is 2.01. The third kappa shape index (κ3) is 1.39. The number of rotatable bonds is 3. The van der Waals surface area contributed by atoms with E-state index in [9.17, 15) is 0 Å². The molecule has 2 rings (SSSR count). The Morgan fingerprint density at radius 2 is 2.42 bits per heavy atom. The van der Waals surface area contributed by atoms with Crippen LogP contribution in [0.4, 0.5) is 0 Å². The predicted octanol–water partition coefficient (Wildman–Crippen LogP) is 1.81. The lowest BCUT2D eigenvalue weighted by atomic mass is 9.66. The summed E-state index contributed by atoms with van der Waals surface area (Å²) in [7, 11) is 0. The highest BCUT2D eigenvalue weighted by molar-refractivity contribution is 7.05. The van der Waals surface area contributed by atoms with E-state index in [0.717, 1.165) is 13.0 Å². The molecule has 0 spiro atoms. The van der Waals surface area contributed by atoms with Gasteiger partial charge in [0, 0.05) is 11.1 Å². The van der Waals surface area contributed by atoms with Gasteiger partial charge in [-0.25, -0.2) is 4.37 Å². The second-order valence-corrected chi connectivity index (χ2v) is 4.63. The first-order valence-electron chi connectivity index (χ1n) is 4.44. The van der Waals surface area contributed by atoms with Gasteiger partial charge >= 0.3 is 0 Å². The predicted molar refractivity (Wildman–Crippen MR) is 51.2 cm³/mol. The largest absolute Gasteiger partial charge is 0.330 e. The summed E-state index contributed by atoms with van der Waals surface area (Å²) in [5, 5.41) is 0. The molecule has 1 saturated carbocycles. The molecule has 0 radical (unpaired) electrons. The van der Waals surface area contributed by atoms with Gasteiger partial charge in [0.25, 0.3) is 0 Å². The third-order valence-corrected chi connectivity index (χ3v) is 3.63. The highest BCUT2D eigenvalue weighted by atomic mass is 32.1. The van der Waals surface area contributed by atoms with Crippen molar-refractivity contribution in [3.05, 3.63) is 17.1 Å². The van der Waals surface area contributed by atoms with Crippen molar-refractivity contribution in [3.63, 3.8) is 0 Å². The fourth-order valence-electron chi connectivity index (χ4n) is 1.83. The summed E-state index contributed by atoms with van der Waals surface area (Å²) in [6.45, 7) is 0.838. The molecule has 66 valence electrons. The van der Waals surface area contributed by atoms with Gasteiger partial charge in [-0.1, -0.05) is 6.42 Å². The van der Waals surface area contributed by atoms with Crippen molar-refractivity contribution in [3.8, 4) is 0 Å². The van der Waals surface area contributed by atoms with Crippen molar-refractivity contribution < 1.29 is 0 Å². The fraction of sp³-hybridized carbons (Fsp3) is 0.667. The van der Waals surface area contributed by atoms with Crippen LogP contribution in [-0.4, -0.2) is 10.9 Å². The quantitative estimate of drug-likeness (QED) is 0.774. The Hall–Kier alpha value is -0.410. The maximum absolute atomic E-state index is 5.77. The molecule has 0 amide bonds. The summed E-state index contributed by atoms with van der Waals surface area (Å²) in [5.74, 6) is 0. The summed E-state index contributed by atoms with van der Waals surface area (Å²) in [6.07, 6.45) is 7.00. The zero-order chi connectivity index (χ0) is 8.44. The SMILES string of the molecule is NCC1(Cc2ccns2)CCC1. The highest BCUT2D eigenvalue weighted by Gasteiger charge is 2.35. The van der Waals surface area contributed by atoms with Crippen LogP contribution in [0.5, 0.6) is 0 Å². The van der Waals surface area contributed by atoms with Crippen LogP contribution in [0, 0.1) is 5.41 Å². The van der Waals surface area contributed by atoms with E-state index in [2.05, 4.69) is 10.4 Å². The molecule has 1 heterocycles. The van der Waals surface area contributed by atoms with E-state index >= 15 is 0 Å². The monoisotopic (exact) mass is 182 g/mol. The van der Waals surface area contributed by atoms with Crippen LogP contribution in [-0.2, 0) is 6.42 Å². The van der Waals surface area contributed by atoms with Crippen molar-refractivity contribution in [2.24, 2.45) is 11.1 Å². The molecular formula is C9H14N2S. The Kier molecular flexibility index (Phi) is 2.15. The van der Waals surface area contributed by atoms with Gasteiger partial charge in [0.05, 0.1) is 0 Å². The van der Waals surface area contributed by atoms with Gasteiger partial charge in [-0.15, -0.1) is 0 Å². The van der Waals surface area contributed by atoms with Crippen molar-refractivity contribution in [1.29, 1.82) is 0 Å². The van der Waals surface area contributed by atoms with Crippen molar-refractivity contribution in [2.45, 2.75) is 25.7 Å². The summed E-state index contributed by atoms with van der Waals surface area (Å²) >= 11 is 1.61. The minimum atomic E-state index is 0.437. The van der Waals surface area contributed by atoms with Crippen LogP contribution >= 0.6 is 11.5 Å². The molecule has 2 N–H and O–H groups in total. The molecule has 0 saturated heterocycles. The number of nitrogens with zero attached hydrogens (tertiary/aromatic N) is 1. The van der Waals surface area contributed by atoms with E-state index in [-0.39, 0.29) is 0 Å². The minimum absolute atomic E-state index is 0.437. The number of hydrogen-bond donors (Lipinski definition) is 1. The number of hydrogen-bond acceptors (Lipinski definition) is 3. The fourth-order valence-corrected chi connectivity index (χ4v) is 2.58. The summed E-state index contributed by atoms with van der Waals surface area (Å²) in [4.78, 5) is 1.39. The van der Waals surface area contributed by atoms with E-state index in [1.54, 1.807) is 11.5 Å². The average Bonchev–Trinajstić information content (AvgIpc) is 2.49. The molecule has 0 unspecified atom stereocenters. The Morgan fingerprint density at radius 3 is 2.83 bits per heavy atom. The lowest BCUT2D eigenvalue weighted by molar-refractivity contribution is 0.146. The molecule has 3 heteroatoms. The maximum Gasteiger partial charge on any atom is 0.0409 e.